The van der Waals surface area contributed by atoms with Gasteiger partial charge in [-0.1, -0.05) is 6.92 Å². The van der Waals surface area contributed by atoms with Gasteiger partial charge in [-0.15, -0.1) is 0 Å². The number of hydrogen-bond acceptors (Lipinski definition) is 3. The van der Waals surface area contributed by atoms with Gasteiger partial charge in [0, 0.05) is 22.4 Å². The second-order valence-electron chi connectivity index (χ2n) is 6.21. The van der Waals surface area contributed by atoms with E-state index >= 15 is 0 Å². The standard InChI is InChI=1S/C17H24FNO3S/c1-12-3-6-15(7-4-12)19-17(20)11-23(21)10-13-9-14(18)5-8-16(13)22-2/h5,8-9,12,15H,3-4,6-7,10-11H2,1-2H3,(H,19,20)/t12?,15?,23-/m1/s1. The summed E-state index contributed by atoms with van der Waals surface area (Å²) >= 11 is 0. The molecule has 0 spiro atoms. The Labute approximate surface area is 139 Å². The molecule has 0 unspecified atom stereocenters. The van der Waals surface area contributed by atoms with E-state index in [0.717, 1.165) is 31.6 Å². The van der Waals surface area contributed by atoms with Gasteiger partial charge in [0.25, 0.3) is 0 Å². The van der Waals surface area contributed by atoms with Crippen molar-refractivity contribution in [3.05, 3.63) is 29.6 Å². The molecule has 23 heavy (non-hydrogen) atoms. The minimum atomic E-state index is -1.39. The van der Waals surface area contributed by atoms with E-state index < -0.39 is 16.6 Å². The van der Waals surface area contributed by atoms with Crippen molar-refractivity contribution in [1.29, 1.82) is 0 Å². The Bertz CT molecular complexity index is 571. The molecule has 1 saturated carbocycles. The first-order valence-electron chi connectivity index (χ1n) is 7.94. The summed E-state index contributed by atoms with van der Waals surface area (Å²) < 4.78 is 30.6. The van der Waals surface area contributed by atoms with Crippen LogP contribution in [0.25, 0.3) is 0 Å². The van der Waals surface area contributed by atoms with Gasteiger partial charge in [-0.3, -0.25) is 9.00 Å². The number of rotatable bonds is 6. The average Bonchev–Trinajstić information content (AvgIpc) is 2.49. The lowest BCUT2D eigenvalue weighted by Gasteiger charge is -2.26. The predicted octanol–water partition coefficient (Wildman–Crippen LogP) is 2.78. The topological polar surface area (TPSA) is 55.4 Å². The summed E-state index contributed by atoms with van der Waals surface area (Å²) in [6, 6.07) is 4.30. The van der Waals surface area contributed by atoms with Crippen molar-refractivity contribution in [2.45, 2.75) is 44.4 Å². The molecule has 1 N–H and O–H groups in total. The fourth-order valence-corrected chi connectivity index (χ4v) is 3.95. The summed E-state index contributed by atoms with van der Waals surface area (Å²) in [5, 5.41) is 2.96. The SMILES string of the molecule is COc1ccc(F)cc1C[S@@](=O)CC(=O)NC1CCC(C)CC1. The van der Waals surface area contributed by atoms with Crippen molar-refractivity contribution >= 4 is 16.7 Å². The molecule has 4 nitrogen and oxygen atoms in total. The second kappa shape index (κ2) is 8.43. The molecule has 0 saturated heterocycles. The van der Waals surface area contributed by atoms with E-state index in [2.05, 4.69) is 12.2 Å². The minimum absolute atomic E-state index is 0.0638. The molecular formula is C17H24FNO3S. The lowest BCUT2D eigenvalue weighted by Crippen LogP contribution is -2.39. The fraction of sp³-hybridized carbons (Fsp3) is 0.588. The number of benzene rings is 1. The maximum Gasteiger partial charge on any atom is 0.232 e. The van der Waals surface area contributed by atoms with E-state index in [-0.39, 0.29) is 23.5 Å². The van der Waals surface area contributed by atoms with E-state index in [0.29, 0.717) is 11.3 Å². The Morgan fingerprint density at radius 3 is 2.70 bits per heavy atom. The molecule has 0 aliphatic heterocycles. The molecular weight excluding hydrogens is 317 g/mol. The molecule has 1 amide bonds. The van der Waals surface area contributed by atoms with Gasteiger partial charge >= 0.3 is 0 Å². The molecule has 128 valence electrons. The van der Waals surface area contributed by atoms with Gasteiger partial charge in [-0.25, -0.2) is 4.39 Å². The van der Waals surface area contributed by atoms with Gasteiger partial charge in [0.1, 0.15) is 17.3 Å². The van der Waals surface area contributed by atoms with Crippen LogP contribution in [0.15, 0.2) is 18.2 Å². The number of nitrogens with one attached hydrogen (secondary N) is 1. The van der Waals surface area contributed by atoms with E-state index in [1.807, 2.05) is 0 Å². The van der Waals surface area contributed by atoms with Gasteiger partial charge in [0.15, 0.2) is 0 Å². The molecule has 1 aliphatic carbocycles. The van der Waals surface area contributed by atoms with Crippen LogP contribution in [0.2, 0.25) is 0 Å². The largest absolute Gasteiger partial charge is 0.496 e. The van der Waals surface area contributed by atoms with E-state index in [4.69, 9.17) is 4.74 Å². The molecule has 2 rings (SSSR count). The highest BCUT2D eigenvalue weighted by Crippen LogP contribution is 2.23. The molecule has 1 fully saturated rings. The summed E-state index contributed by atoms with van der Waals surface area (Å²) in [6.45, 7) is 2.22. The summed E-state index contributed by atoms with van der Waals surface area (Å²) in [5.41, 5.74) is 0.519. The highest BCUT2D eigenvalue weighted by molar-refractivity contribution is 7.84. The molecule has 0 aromatic heterocycles. The lowest BCUT2D eigenvalue weighted by molar-refractivity contribution is -0.119. The predicted molar refractivity (Wildman–Crippen MR) is 89.2 cm³/mol. The molecule has 1 aliphatic rings. The average molecular weight is 341 g/mol. The minimum Gasteiger partial charge on any atom is -0.496 e. The van der Waals surface area contributed by atoms with Crippen molar-refractivity contribution in [2.24, 2.45) is 5.92 Å². The van der Waals surface area contributed by atoms with Gasteiger partial charge < -0.3 is 10.1 Å². The van der Waals surface area contributed by atoms with Crippen molar-refractivity contribution in [3.63, 3.8) is 0 Å². The monoisotopic (exact) mass is 341 g/mol. The Balaban J connectivity index is 1.84. The third-order valence-electron chi connectivity index (χ3n) is 4.23. The van der Waals surface area contributed by atoms with Crippen LogP contribution in [0.4, 0.5) is 4.39 Å². The third kappa shape index (κ3) is 5.61. The first kappa shape index (κ1) is 17.9. The number of methoxy groups -OCH3 is 1. The third-order valence-corrected chi connectivity index (χ3v) is 5.45. The number of carbonyl (C=O) groups excluding carboxylic acids is 1. The van der Waals surface area contributed by atoms with Gasteiger partial charge in [-0.05, 0) is 49.8 Å². The quantitative estimate of drug-likeness (QED) is 0.866. The van der Waals surface area contributed by atoms with Crippen LogP contribution in [0, 0.1) is 11.7 Å². The highest BCUT2D eigenvalue weighted by Gasteiger charge is 2.20. The van der Waals surface area contributed by atoms with Crippen LogP contribution in [0.3, 0.4) is 0 Å². The Morgan fingerprint density at radius 1 is 1.35 bits per heavy atom. The summed E-state index contributed by atoms with van der Waals surface area (Å²) in [7, 11) is 0.0913. The van der Waals surface area contributed by atoms with Crippen LogP contribution in [0.5, 0.6) is 5.75 Å². The molecule has 0 heterocycles. The first-order valence-corrected chi connectivity index (χ1v) is 9.43. The van der Waals surface area contributed by atoms with Crippen molar-refractivity contribution < 1.29 is 18.1 Å². The molecule has 1 aromatic rings. The maximum absolute atomic E-state index is 13.3. The number of ether oxygens (including phenoxy) is 1. The summed E-state index contributed by atoms with van der Waals surface area (Å²) in [4.78, 5) is 12.0. The van der Waals surface area contributed by atoms with Gasteiger partial charge in [0.2, 0.25) is 5.91 Å². The first-order chi connectivity index (χ1) is 11.0. The van der Waals surface area contributed by atoms with Crippen molar-refractivity contribution in [3.8, 4) is 5.75 Å². The summed E-state index contributed by atoms with van der Waals surface area (Å²) in [6.07, 6.45) is 4.21. The van der Waals surface area contributed by atoms with Crippen LogP contribution in [-0.4, -0.2) is 29.0 Å². The zero-order chi connectivity index (χ0) is 16.8. The second-order valence-corrected chi connectivity index (χ2v) is 7.67. The Morgan fingerprint density at radius 2 is 2.04 bits per heavy atom. The van der Waals surface area contributed by atoms with Crippen LogP contribution < -0.4 is 10.1 Å². The Kier molecular flexibility index (Phi) is 6.57. The normalized spacial score (nSPS) is 22.4. The van der Waals surface area contributed by atoms with Crippen LogP contribution in [-0.2, 0) is 21.3 Å². The molecule has 0 bridgehead atoms. The molecule has 1 aromatic carbocycles. The lowest BCUT2D eigenvalue weighted by atomic mass is 9.87. The van der Waals surface area contributed by atoms with Crippen molar-refractivity contribution in [1.82, 2.24) is 5.32 Å². The number of amides is 1. The highest BCUT2D eigenvalue weighted by atomic mass is 32.2. The van der Waals surface area contributed by atoms with Gasteiger partial charge in [0.05, 0.1) is 12.9 Å². The number of halogens is 1. The van der Waals surface area contributed by atoms with Gasteiger partial charge in [-0.2, -0.15) is 0 Å². The maximum atomic E-state index is 13.3. The smallest absolute Gasteiger partial charge is 0.232 e. The van der Waals surface area contributed by atoms with E-state index in [1.165, 1.54) is 25.3 Å². The van der Waals surface area contributed by atoms with E-state index in [9.17, 15) is 13.4 Å². The van der Waals surface area contributed by atoms with Crippen LogP contribution in [0.1, 0.15) is 38.2 Å². The Hall–Kier alpha value is -1.43. The van der Waals surface area contributed by atoms with Crippen LogP contribution >= 0.6 is 0 Å². The zero-order valence-corrected chi connectivity index (χ0v) is 14.5. The fourth-order valence-electron chi connectivity index (χ4n) is 2.90. The van der Waals surface area contributed by atoms with Crippen molar-refractivity contribution in [2.75, 3.05) is 12.9 Å². The summed E-state index contributed by atoms with van der Waals surface area (Å²) in [5.74, 6) is 0.651. The zero-order valence-electron chi connectivity index (χ0n) is 13.6. The number of carbonyl (C=O) groups is 1. The number of hydrogen-bond donors (Lipinski definition) is 1. The molecule has 1 atom stereocenters. The van der Waals surface area contributed by atoms with E-state index in [1.54, 1.807) is 0 Å². The molecule has 0 radical (unpaired) electrons. The molecule has 6 heteroatoms.